The molecular weight excluding hydrogens is 350 g/mol. The molecule has 0 spiro atoms. The van der Waals surface area contributed by atoms with Crippen LogP contribution in [0.1, 0.15) is 41.4 Å². The molecule has 0 saturated carbocycles. The van der Waals surface area contributed by atoms with E-state index < -0.39 is 0 Å². The number of hydrogen-bond donors (Lipinski definition) is 0. The monoisotopic (exact) mass is 373 g/mol. The van der Waals surface area contributed by atoms with Crippen molar-refractivity contribution in [1.29, 1.82) is 0 Å². The van der Waals surface area contributed by atoms with E-state index in [9.17, 15) is 9.59 Å². The van der Waals surface area contributed by atoms with E-state index in [1.807, 2.05) is 20.7 Å². The molecule has 0 radical (unpaired) electrons. The largest absolute Gasteiger partial charge is 0.338 e. The molecule has 4 heterocycles. The summed E-state index contributed by atoms with van der Waals surface area (Å²) in [5.41, 5.74) is 2.09. The van der Waals surface area contributed by atoms with Gasteiger partial charge in [0.25, 0.3) is 0 Å². The first-order chi connectivity index (χ1) is 12.6. The van der Waals surface area contributed by atoms with Crippen LogP contribution in [0.15, 0.2) is 17.6 Å². The Balaban J connectivity index is 1.25. The van der Waals surface area contributed by atoms with E-state index in [1.165, 1.54) is 10.4 Å². The van der Waals surface area contributed by atoms with Crippen LogP contribution < -0.4 is 0 Å². The summed E-state index contributed by atoms with van der Waals surface area (Å²) in [6.07, 6.45) is 4.86. The van der Waals surface area contributed by atoms with E-state index in [0.29, 0.717) is 32.5 Å². The molecule has 7 nitrogen and oxygen atoms in total. The fourth-order valence-corrected chi connectivity index (χ4v) is 4.41. The lowest BCUT2D eigenvalue weighted by Crippen LogP contribution is -2.51. The van der Waals surface area contributed by atoms with Gasteiger partial charge in [0, 0.05) is 37.4 Å². The van der Waals surface area contributed by atoms with Crippen molar-refractivity contribution in [2.45, 2.75) is 45.2 Å². The van der Waals surface area contributed by atoms with E-state index in [4.69, 9.17) is 0 Å². The van der Waals surface area contributed by atoms with Crippen molar-refractivity contribution in [3.05, 3.63) is 33.8 Å². The van der Waals surface area contributed by atoms with Crippen molar-refractivity contribution in [2.75, 3.05) is 19.6 Å². The van der Waals surface area contributed by atoms with Crippen molar-refractivity contribution in [3.63, 3.8) is 0 Å². The standard InChI is InChI=1S/C18H23N5O2S/c1-13-6-8-26-16(13)4-5-18(25)22-11-15(12-22)23-10-14(19-20-23)9-21-7-2-3-17(21)24/h6,8,10,15H,2-5,7,9,11-12H2,1H3. The number of carbonyl (C=O) groups excluding carboxylic acids is 2. The highest BCUT2D eigenvalue weighted by molar-refractivity contribution is 7.10. The molecule has 0 bridgehead atoms. The normalized spacial score (nSPS) is 17.8. The summed E-state index contributed by atoms with van der Waals surface area (Å²) in [5.74, 6) is 0.401. The summed E-state index contributed by atoms with van der Waals surface area (Å²) < 4.78 is 1.84. The molecular formula is C18H23N5O2S. The Morgan fingerprint density at radius 2 is 2.23 bits per heavy atom. The molecule has 2 fully saturated rings. The van der Waals surface area contributed by atoms with Crippen LogP contribution in [0.5, 0.6) is 0 Å². The topological polar surface area (TPSA) is 71.3 Å². The second kappa shape index (κ2) is 7.19. The van der Waals surface area contributed by atoms with Gasteiger partial charge in [-0.05, 0) is 36.8 Å². The predicted octanol–water partition coefficient (Wildman–Crippen LogP) is 1.79. The van der Waals surface area contributed by atoms with Crippen LogP contribution in [0.4, 0.5) is 0 Å². The Morgan fingerprint density at radius 3 is 2.92 bits per heavy atom. The third-order valence-corrected chi connectivity index (χ3v) is 6.29. The Bertz CT molecular complexity index is 808. The van der Waals surface area contributed by atoms with Gasteiger partial charge >= 0.3 is 0 Å². The van der Waals surface area contributed by atoms with Crippen LogP contribution in [0.25, 0.3) is 0 Å². The highest BCUT2D eigenvalue weighted by Gasteiger charge is 2.32. The minimum atomic E-state index is 0.193. The average molecular weight is 373 g/mol. The zero-order valence-electron chi connectivity index (χ0n) is 14.9. The van der Waals surface area contributed by atoms with Crippen molar-refractivity contribution < 1.29 is 9.59 Å². The smallest absolute Gasteiger partial charge is 0.223 e. The molecule has 0 aromatic carbocycles. The van der Waals surface area contributed by atoms with Gasteiger partial charge in [0.2, 0.25) is 11.8 Å². The molecule has 0 aliphatic carbocycles. The van der Waals surface area contributed by atoms with Crippen molar-refractivity contribution in [3.8, 4) is 0 Å². The van der Waals surface area contributed by atoms with Gasteiger partial charge in [0.05, 0.1) is 18.8 Å². The molecule has 138 valence electrons. The molecule has 2 aromatic rings. The van der Waals surface area contributed by atoms with Gasteiger partial charge in [-0.1, -0.05) is 5.21 Å². The number of aromatic nitrogens is 3. The van der Waals surface area contributed by atoms with Gasteiger partial charge < -0.3 is 9.80 Å². The van der Waals surface area contributed by atoms with Gasteiger partial charge in [0.15, 0.2) is 0 Å². The average Bonchev–Trinajstić information content (AvgIpc) is 3.28. The Morgan fingerprint density at radius 1 is 1.38 bits per heavy atom. The summed E-state index contributed by atoms with van der Waals surface area (Å²) in [6.45, 7) is 4.81. The zero-order chi connectivity index (χ0) is 18.1. The summed E-state index contributed by atoms with van der Waals surface area (Å²) in [4.78, 5) is 29.0. The van der Waals surface area contributed by atoms with Gasteiger partial charge in [-0.2, -0.15) is 0 Å². The Labute approximate surface area is 156 Å². The second-order valence-electron chi connectivity index (χ2n) is 7.09. The number of carbonyl (C=O) groups is 2. The summed E-state index contributed by atoms with van der Waals surface area (Å²) in [7, 11) is 0. The maximum Gasteiger partial charge on any atom is 0.223 e. The molecule has 0 N–H and O–H groups in total. The van der Waals surface area contributed by atoms with E-state index in [-0.39, 0.29) is 17.9 Å². The van der Waals surface area contributed by atoms with Crippen LogP contribution in [-0.2, 0) is 22.6 Å². The number of thiophene rings is 1. The molecule has 8 heteroatoms. The van der Waals surface area contributed by atoms with Crippen molar-refractivity contribution >= 4 is 23.2 Å². The number of nitrogens with zero attached hydrogens (tertiary/aromatic N) is 5. The third kappa shape index (κ3) is 3.51. The molecule has 0 atom stereocenters. The molecule has 2 aromatic heterocycles. The van der Waals surface area contributed by atoms with Crippen LogP contribution in [0.2, 0.25) is 0 Å². The molecule has 4 rings (SSSR count). The fourth-order valence-electron chi connectivity index (χ4n) is 3.50. The first kappa shape index (κ1) is 17.2. The fraction of sp³-hybridized carbons (Fsp3) is 0.556. The second-order valence-corrected chi connectivity index (χ2v) is 8.09. The maximum atomic E-state index is 12.3. The third-order valence-electron chi connectivity index (χ3n) is 5.21. The minimum Gasteiger partial charge on any atom is -0.338 e. The van der Waals surface area contributed by atoms with E-state index >= 15 is 0 Å². The lowest BCUT2D eigenvalue weighted by atomic mass is 10.1. The number of likely N-dealkylation sites (tertiary alicyclic amines) is 2. The lowest BCUT2D eigenvalue weighted by molar-refractivity contribution is -0.137. The van der Waals surface area contributed by atoms with Crippen LogP contribution in [0.3, 0.4) is 0 Å². The van der Waals surface area contributed by atoms with Crippen LogP contribution in [0, 0.1) is 6.92 Å². The Kier molecular flexibility index (Phi) is 4.76. The molecule has 2 aliphatic rings. The molecule has 0 unspecified atom stereocenters. The van der Waals surface area contributed by atoms with Crippen LogP contribution >= 0.6 is 11.3 Å². The summed E-state index contributed by atoms with van der Waals surface area (Å²) >= 11 is 1.72. The number of amides is 2. The molecule has 2 amide bonds. The Hall–Kier alpha value is -2.22. The minimum absolute atomic E-state index is 0.193. The van der Waals surface area contributed by atoms with E-state index in [2.05, 4.69) is 28.7 Å². The SMILES string of the molecule is Cc1ccsc1CCC(=O)N1CC(n2cc(CN3CCCC3=O)nn2)C1. The first-order valence-electron chi connectivity index (χ1n) is 9.09. The number of rotatable bonds is 6. The highest BCUT2D eigenvalue weighted by atomic mass is 32.1. The predicted molar refractivity (Wildman–Crippen MR) is 97.7 cm³/mol. The molecule has 2 aliphatic heterocycles. The maximum absolute atomic E-state index is 12.3. The number of hydrogen-bond acceptors (Lipinski definition) is 5. The first-order valence-corrected chi connectivity index (χ1v) is 9.97. The van der Waals surface area contributed by atoms with Crippen molar-refractivity contribution in [1.82, 2.24) is 24.8 Å². The van der Waals surface area contributed by atoms with E-state index in [1.54, 1.807) is 11.3 Å². The quantitative estimate of drug-likeness (QED) is 0.774. The lowest BCUT2D eigenvalue weighted by Gasteiger charge is -2.39. The number of aryl methyl sites for hydroxylation is 2. The molecule has 2 saturated heterocycles. The van der Waals surface area contributed by atoms with Gasteiger partial charge in [0.1, 0.15) is 5.69 Å². The summed E-state index contributed by atoms with van der Waals surface area (Å²) in [5, 5.41) is 10.4. The zero-order valence-corrected chi connectivity index (χ0v) is 15.7. The van der Waals surface area contributed by atoms with Crippen molar-refractivity contribution in [2.24, 2.45) is 0 Å². The highest BCUT2D eigenvalue weighted by Crippen LogP contribution is 2.23. The molecule has 26 heavy (non-hydrogen) atoms. The van der Waals surface area contributed by atoms with E-state index in [0.717, 1.165) is 25.1 Å². The summed E-state index contributed by atoms with van der Waals surface area (Å²) in [6, 6.07) is 2.29. The van der Waals surface area contributed by atoms with Crippen LogP contribution in [-0.4, -0.2) is 56.2 Å². The van der Waals surface area contributed by atoms with Gasteiger partial charge in [-0.15, -0.1) is 16.4 Å². The van der Waals surface area contributed by atoms with Gasteiger partial charge in [-0.3, -0.25) is 9.59 Å². The van der Waals surface area contributed by atoms with Gasteiger partial charge in [-0.25, -0.2) is 4.68 Å².